The fourth-order valence-corrected chi connectivity index (χ4v) is 2.16. The van der Waals surface area contributed by atoms with Gasteiger partial charge in [0, 0.05) is 10.2 Å². The normalized spacial score (nSPS) is 9.92. The number of methoxy groups -OCH3 is 1. The average Bonchev–Trinajstić information content (AvgIpc) is 2.05. The van der Waals surface area contributed by atoms with Gasteiger partial charge in [-0.2, -0.15) is 0 Å². The average molecular weight is 289 g/mol. The zero-order valence-corrected chi connectivity index (χ0v) is 10.1. The van der Waals surface area contributed by atoms with Crippen LogP contribution < -0.4 is 4.74 Å². The highest BCUT2D eigenvalue weighted by molar-refractivity contribution is 14.1. The lowest BCUT2D eigenvalue weighted by atomic mass is 10.1. The molecule has 1 aromatic carbocycles. The number of rotatable bonds is 3. The van der Waals surface area contributed by atoms with E-state index in [1.165, 1.54) is 9.13 Å². The van der Waals surface area contributed by atoms with Crippen molar-refractivity contribution >= 4 is 32.8 Å². The molecule has 0 amide bonds. The fraction of sp³-hybridized carbons (Fsp3) is 0.333. The standard InChI is InChI=1S/C9H10IOSi/c1-11-9-7(5-6-12)3-2-4-8(9)10/h2-4H,5-6H2,1H3. The first-order chi connectivity index (χ1) is 5.79. The van der Waals surface area contributed by atoms with E-state index in [1.807, 2.05) is 0 Å². The van der Waals surface area contributed by atoms with Crippen LogP contribution in [0.1, 0.15) is 5.56 Å². The molecule has 0 spiro atoms. The minimum Gasteiger partial charge on any atom is -0.495 e. The summed E-state index contributed by atoms with van der Waals surface area (Å²) in [6, 6.07) is 7.18. The van der Waals surface area contributed by atoms with Crippen LogP contribution in [0.25, 0.3) is 0 Å². The molecule has 12 heavy (non-hydrogen) atoms. The zero-order chi connectivity index (χ0) is 8.97. The lowest BCUT2D eigenvalue weighted by Gasteiger charge is -2.08. The minimum absolute atomic E-state index is 0.969. The summed E-state index contributed by atoms with van der Waals surface area (Å²) in [6.45, 7) is 0. The van der Waals surface area contributed by atoms with Crippen LogP contribution in [0.15, 0.2) is 18.2 Å². The predicted molar refractivity (Wildman–Crippen MR) is 60.0 cm³/mol. The van der Waals surface area contributed by atoms with Gasteiger partial charge in [-0.25, -0.2) is 0 Å². The van der Waals surface area contributed by atoms with Crippen molar-refractivity contribution in [3.63, 3.8) is 0 Å². The van der Waals surface area contributed by atoms with Crippen LogP contribution in [-0.4, -0.2) is 17.4 Å². The zero-order valence-electron chi connectivity index (χ0n) is 6.93. The summed E-state index contributed by atoms with van der Waals surface area (Å²) in [5.74, 6) is 1.01. The number of aryl methyl sites for hydroxylation is 1. The molecular formula is C9H10IOSi. The van der Waals surface area contributed by atoms with Gasteiger partial charge in [0.2, 0.25) is 0 Å². The molecule has 3 radical (unpaired) electrons. The highest BCUT2D eigenvalue weighted by atomic mass is 127. The lowest BCUT2D eigenvalue weighted by Crippen LogP contribution is -1.94. The van der Waals surface area contributed by atoms with Crippen molar-refractivity contribution in [2.24, 2.45) is 0 Å². The Bertz CT molecular complexity index is 263. The van der Waals surface area contributed by atoms with Crippen molar-refractivity contribution in [3.8, 4) is 5.75 Å². The van der Waals surface area contributed by atoms with E-state index in [1.54, 1.807) is 7.11 Å². The number of hydrogen-bond acceptors (Lipinski definition) is 1. The first-order valence-corrected chi connectivity index (χ1v) is 5.54. The summed E-state index contributed by atoms with van der Waals surface area (Å²) >= 11 is 2.28. The molecule has 1 nitrogen and oxygen atoms in total. The molecule has 0 fully saturated rings. The number of hydrogen-bond donors (Lipinski definition) is 0. The minimum atomic E-state index is 0.969. The number of ether oxygens (including phenoxy) is 1. The van der Waals surface area contributed by atoms with E-state index in [-0.39, 0.29) is 0 Å². The van der Waals surface area contributed by atoms with Crippen LogP contribution in [0.4, 0.5) is 0 Å². The van der Waals surface area contributed by atoms with Crippen molar-refractivity contribution in [2.75, 3.05) is 7.11 Å². The van der Waals surface area contributed by atoms with Crippen LogP contribution in [0, 0.1) is 3.57 Å². The third kappa shape index (κ3) is 2.23. The van der Waals surface area contributed by atoms with Gasteiger partial charge in [-0.05, 0) is 40.6 Å². The molecule has 0 saturated carbocycles. The van der Waals surface area contributed by atoms with Crippen LogP contribution in [-0.2, 0) is 6.42 Å². The third-order valence-corrected chi connectivity index (χ3v) is 2.75. The molecule has 0 aliphatic heterocycles. The van der Waals surface area contributed by atoms with E-state index in [0.717, 1.165) is 18.2 Å². The quantitative estimate of drug-likeness (QED) is 0.613. The summed E-state index contributed by atoms with van der Waals surface area (Å²) in [4.78, 5) is 0. The maximum atomic E-state index is 5.30. The molecule has 0 aliphatic rings. The van der Waals surface area contributed by atoms with Crippen LogP contribution >= 0.6 is 22.6 Å². The monoisotopic (exact) mass is 289 g/mol. The van der Waals surface area contributed by atoms with E-state index in [0.29, 0.717) is 0 Å². The smallest absolute Gasteiger partial charge is 0.135 e. The molecule has 0 bridgehead atoms. The van der Waals surface area contributed by atoms with Crippen molar-refractivity contribution in [1.29, 1.82) is 0 Å². The fourth-order valence-electron chi connectivity index (χ4n) is 1.11. The number of halogens is 1. The Morgan fingerprint density at radius 2 is 2.25 bits per heavy atom. The Hall–Kier alpha value is -0.0331. The number of benzene rings is 1. The Morgan fingerprint density at radius 1 is 1.50 bits per heavy atom. The molecule has 3 heteroatoms. The van der Waals surface area contributed by atoms with Crippen molar-refractivity contribution < 1.29 is 4.74 Å². The summed E-state index contributed by atoms with van der Waals surface area (Å²) < 4.78 is 6.47. The van der Waals surface area contributed by atoms with Crippen molar-refractivity contribution in [3.05, 3.63) is 27.3 Å². The summed E-state index contributed by atoms with van der Waals surface area (Å²) in [7, 11) is 5.18. The molecule has 0 N–H and O–H groups in total. The second-order valence-electron chi connectivity index (χ2n) is 2.43. The largest absolute Gasteiger partial charge is 0.495 e. The highest BCUT2D eigenvalue weighted by Gasteiger charge is 2.04. The Morgan fingerprint density at radius 3 is 2.83 bits per heavy atom. The van der Waals surface area contributed by atoms with Gasteiger partial charge in [0.15, 0.2) is 0 Å². The Kier molecular flexibility index (Phi) is 4.07. The first-order valence-electron chi connectivity index (χ1n) is 3.75. The van der Waals surface area contributed by atoms with Gasteiger partial charge in [-0.1, -0.05) is 18.2 Å². The molecule has 1 aromatic rings. The van der Waals surface area contributed by atoms with Crippen LogP contribution in [0.2, 0.25) is 6.04 Å². The summed E-state index contributed by atoms with van der Waals surface area (Å²) in [5.41, 5.74) is 1.26. The molecule has 0 atom stereocenters. The van der Waals surface area contributed by atoms with Gasteiger partial charge in [0.05, 0.1) is 10.7 Å². The summed E-state index contributed by atoms with van der Waals surface area (Å²) in [5, 5.41) is 0. The maximum Gasteiger partial charge on any atom is 0.135 e. The van der Waals surface area contributed by atoms with E-state index < -0.39 is 0 Å². The molecule has 0 unspecified atom stereocenters. The van der Waals surface area contributed by atoms with Gasteiger partial charge in [-0.3, -0.25) is 0 Å². The van der Waals surface area contributed by atoms with E-state index >= 15 is 0 Å². The molecule has 0 heterocycles. The van der Waals surface area contributed by atoms with E-state index in [4.69, 9.17) is 4.74 Å². The summed E-state index contributed by atoms with van der Waals surface area (Å²) in [6.07, 6.45) is 1.01. The molecule has 0 aromatic heterocycles. The van der Waals surface area contributed by atoms with Gasteiger partial charge >= 0.3 is 0 Å². The second-order valence-corrected chi connectivity index (χ2v) is 4.09. The van der Waals surface area contributed by atoms with Gasteiger partial charge in [0.25, 0.3) is 0 Å². The Labute approximate surface area is 90.1 Å². The molecule has 0 aliphatic carbocycles. The first kappa shape index (κ1) is 10.1. The third-order valence-electron chi connectivity index (χ3n) is 1.65. The molecule has 63 valence electrons. The van der Waals surface area contributed by atoms with E-state index in [9.17, 15) is 0 Å². The number of para-hydroxylation sites is 1. The molecule has 0 saturated heterocycles. The van der Waals surface area contributed by atoms with Crippen LogP contribution in [0.3, 0.4) is 0 Å². The van der Waals surface area contributed by atoms with Gasteiger partial charge < -0.3 is 4.74 Å². The molecular weight excluding hydrogens is 279 g/mol. The Balaban J connectivity index is 3.00. The van der Waals surface area contributed by atoms with Crippen molar-refractivity contribution in [1.82, 2.24) is 0 Å². The second kappa shape index (κ2) is 4.86. The highest BCUT2D eigenvalue weighted by Crippen LogP contribution is 2.25. The van der Waals surface area contributed by atoms with E-state index in [2.05, 4.69) is 51.0 Å². The lowest BCUT2D eigenvalue weighted by molar-refractivity contribution is 0.407. The SMILES string of the molecule is COc1c(I)cccc1CC[Si]. The van der Waals surface area contributed by atoms with Crippen molar-refractivity contribution in [2.45, 2.75) is 12.5 Å². The molecule has 1 rings (SSSR count). The van der Waals surface area contributed by atoms with Gasteiger partial charge in [-0.15, -0.1) is 0 Å². The van der Waals surface area contributed by atoms with Gasteiger partial charge in [0.1, 0.15) is 5.75 Å². The maximum absolute atomic E-state index is 5.30. The topological polar surface area (TPSA) is 9.23 Å². The van der Waals surface area contributed by atoms with Crippen LogP contribution in [0.5, 0.6) is 5.75 Å². The predicted octanol–water partition coefficient (Wildman–Crippen LogP) is 2.43.